The van der Waals surface area contributed by atoms with Gasteiger partial charge in [0.05, 0.1) is 36.6 Å². The maximum absolute atomic E-state index is 14.7. The van der Waals surface area contributed by atoms with Gasteiger partial charge in [0.25, 0.3) is 11.8 Å². The lowest BCUT2D eigenvalue weighted by molar-refractivity contribution is -0.148. The minimum atomic E-state index is -1.61. The van der Waals surface area contributed by atoms with E-state index in [4.69, 9.17) is 19.9 Å². The number of nitrogens with one attached hydrogen (secondary N) is 7. The van der Waals surface area contributed by atoms with Gasteiger partial charge in [0.2, 0.25) is 41.4 Å². The highest BCUT2D eigenvalue weighted by Gasteiger charge is 2.44. The van der Waals surface area contributed by atoms with Crippen molar-refractivity contribution >= 4 is 76.9 Å². The summed E-state index contributed by atoms with van der Waals surface area (Å²) < 4.78 is 17.4. The SMILES string of the molecule is CC[C@H](C)[C@@H]([C@@H](CC(=O)N1CCC[C@H]1[C@H](OC)[C@@H](C)C(=O)N[C@@H](Cc1ccccc1)C(=O)O)OC)N(C)C(=O)[C@@H](NC(=O)C(C)(C)NC(=O)OCc1ccc(NC(=O)[C@H](CCCNC(N)=O)NC(=O)[C@@H](NC(=O)CCCCCN2C(=O)C=CC2=O)C(C)C)cc1)C(C)C. The fourth-order valence-corrected chi connectivity index (χ4v) is 11.3. The average molecular weight is 1300 g/mol. The molecule has 1 fully saturated rings. The van der Waals surface area contributed by atoms with Crippen LogP contribution < -0.4 is 43.0 Å². The number of rotatable bonds is 38. The number of hydrogen-bond acceptors (Lipinski definition) is 15. The van der Waals surface area contributed by atoms with E-state index in [1.54, 1.807) is 95.1 Å². The molecule has 10 N–H and O–H groups in total. The van der Waals surface area contributed by atoms with Crippen LogP contribution in [0.5, 0.6) is 0 Å². The number of amides is 12. The molecule has 1 saturated heterocycles. The van der Waals surface area contributed by atoms with Gasteiger partial charge >= 0.3 is 18.1 Å². The molecule has 0 radical (unpaired) electrons. The molecular weight excluding hydrogens is 1200 g/mol. The van der Waals surface area contributed by atoms with Crippen LogP contribution in [0.1, 0.15) is 138 Å². The van der Waals surface area contributed by atoms with E-state index < -0.39 is 119 Å². The van der Waals surface area contributed by atoms with E-state index in [-0.39, 0.29) is 81.4 Å². The average Bonchev–Trinajstić information content (AvgIpc) is 1.79. The number of aliphatic carboxylic acids is 1. The summed E-state index contributed by atoms with van der Waals surface area (Å²) in [6, 6.07) is 8.86. The summed E-state index contributed by atoms with van der Waals surface area (Å²) in [4.78, 5) is 162. The normalized spacial score (nSPS) is 16.8. The van der Waals surface area contributed by atoms with Crippen LogP contribution in [0.15, 0.2) is 66.7 Å². The van der Waals surface area contributed by atoms with E-state index in [0.29, 0.717) is 56.3 Å². The van der Waals surface area contributed by atoms with Crippen molar-refractivity contribution in [1.82, 2.24) is 46.6 Å². The van der Waals surface area contributed by atoms with Gasteiger partial charge in [-0.25, -0.2) is 14.4 Å². The molecule has 27 heteroatoms. The third-order valence-electron chi connectivity index (χ3n) is 17.0. The van der Waals surface area contributed by atoms with Crippen molar-refractivity contribution in [3.8, 4) is 0 Å². The number of alkyl carbamates (subject to hydrolysis) is 1. The first-order valence-corrected chi connectivity index (χ1v) is 32.0. The lowest BCUT2D eigenvalue weighted by Crippen LogP contribution is -2.62. The largest absolute Gasteiger partial charge is 0.480 e. The van der Waals surface area contributed by atoms with Crippen LogP contribution in [-0.2, 0) is 75.2 Å². The molecule has 0 unspecified atom stereocenters. The fraction of sp³-hybridized carbons (Fsp3) is 0.606. The maximum Gasteiger partial charge on any atom is 0.408 e. The molecular formula is C66H99N11O16. The Morgan fingerprint density at radius 2 is 1.39 bits per heavy atom. The van der Waals surface area contributed by atoms with Gasteiger partial charge in [0.1, 0.15) is 36.3 Å². The predicted molar refractivity (Wildman–Crippen MR) is 345 cm³/mol. The second-order valence-electron chi connectivity index (χ2n) is 25.1. The number of carbonyl (C=O) groups is 12. The second kappa shape index (κ2) is 37.3. The Labute approximate surface area is 545 Å². The predicted octanol–water partition coefficient (Wildman–Crippen LogP) is 4.06. The van der Waals surface area contributed by atoms with Gasteiger partial charge in [0.15, 0.2) is 0 Å². The number of nitrogens with zero attached hydrogens (tertiary/aromatic N) is 3. The molecule has 0 aliphatic carbocycles. The minimum Gasteiger partial charge on any atom is -0.480 e. The summed E-state index contributed by atoms with van der Waals surface area (Å²) in [5, 5.41) is 28.8. The molecule has 2 aromatic carbocycles. The van der Waals surface area contributed by atoms with Crippen LogP contribution in [0.4, 0.5) is 15.3 Å². The highest BCUT2D eigenvalue weighted by Crippen LogP contribution is 2.30. The molecule has 0 aromatic heterocycles. The Bertz CT molecular complexity index is 2910. The number of likely N-dealkylation sites (tertiary alicyclic amines) is 1. The van der Waals surface area contributed by atoms with Crippen LogP contribution in [0.25, 0.3) is 0 Å². The van der Waals surface area contributed by atoms with E-state index in [2.05, 4.69) is 37.2 Å². The first-order valence-electron chi connectivity index (χ1n) is 32.0. The number of urea groups is 1. The topological polar surface area (TPSA) is 373 Å². The van der Waals surface area contributed by atoms with Crippen molar-refractivity contribution in [2.45, 2.75) is 194 Å². The van der Waals surface area contributed by atoms with E-state index in [0.717, 1.165) is 10.5 Å². The molecule has 27 nitrogen and oxygen atoms in total. The van der Waals surface area contributed by atoms with Gasteiger partial charge in [0, 0.05) is 71.6 Å². The van der Waals surface area contributed by atoms with E-state index in [9.17, 15) is 62.6 Å². The third-order valence-corrected chi connectivity index (χ3v) is 17.0. The monoisotopic (exact) mass is 1300 g/mol. The van der Waals surface area contributed by atoms with Crippen LogP contribution in [-0.4, -0.2) is 186 Å². The summed E-state index contributed by atoms with van der Waals surface area (Å²) in [7, 11) is 4.51. The molecule has 93 heavy (non-hydrogen) atoms. The number of unbranched alkanes of at least 4 members (excludes halogenated alkanes) is 2. The van der Waals surface area contributed by atoms with Crippen molar-refractivity contribution in [2.24, 2.45) is 29.4 Å². The molecule has 2 aliphatic rings. The molecule has 4 rings (SSSR count). The van der Waals surface area contributed by atoms with Gasteiger partial charge in [-0.2, -0.15) is 0 Å². The first-order chi connectivity index (χ1) is 43.9. The lowest BCUT2D eigenvalue weighted by atomic mass is 9.89. The number of nitrogens with two attached hydrogens (primary N) is 1. The molecule has 12 amide bonds. The standard InChI is InChI=1S/C66H99N11O16/c1-13-41(6)56(49(91-11)37-53(81)76-35-21-25-48(76)57(92-12)42(7)58(82)71-47(62(86)87)36-43-22-16-14-17-23-43)75(10)61(85)55(40(4)5)73-63(88)66(8,9)74-65(90)93-38-44-27-29-45(30-28-44)69-59(83)46(24-20-33-68-64(67)89)70-60(84)54(39(2)3)72-50(78)26-18-15-19-34-77-51(79)31-32-52(77)80/h14,16-17,22-23,27-32,39-42,46-49,54-57H,13,15,18-21,24-26,33-38H2,1-12H3,(H,69,83)(H,70,84)(H,71,82)(H,72,78)(H,73,88)(H,74,90)(H,86,87)(H3,67,68,89)/t41-,42+,46-,47-,48-,49+,54-,55-,56-,57+/m0/s1. The summed E-state index contributed by atoms with van der Waals surface area (Å²) in [6.07, 6.45) is 3.44. The zero-order valence-electron chi connectivity index (χ0n) is 55.9. The number of anilines is 1. The van der Waals surface area contributed by atoms with Crippen molar-refractivity contribution in [3.63, 3.8) is 0 Å². The number of imide groups is 1. The molecule has 10 atom stereocenters. The Balaban J connectivity index is 1.34. The number of hydrogen-bond donors (Lipinski definition) is 9. The highest BCUT2D eigenvalue weighted by molar-refractivity contribution is 6.12. The van der Waals surface area contributed by atoms with Crippen molar-refractivity contribution in [3.05, 3.63) is 77.9 Å². The fourth-order valence-electron chi connectivity index (χ4n) is 11.3. The van der Waals surface area contributed by atoms with Crippen LogP contribution >= 0.6 is 0 Å². The van der Waals surface area contributed by atoms with Crippen LogP contribution in [0, 0.1) is 23.7 Å². The van der Waals surface area contributed by atoms with E-state index in [1.807, 2.05) is 19.9 Å². The smallest absolute Gasteiger partial charge is 0.408 e. The Morgan fingerprint density at radius 3 is 1.97 bits per heavy atom. The zero-order valence-corrected chi connectivity index (χ0v) is 55.9. The van der Waals surface area contributed by atoms with Crippen molar-refractivity contribution in [2.75, 3.05) is 46.2 Å². The number of carbonyl (C=O) groups excluding carboxylic acids is 11. The molecule has 2 aliphatic heterocycles. The van der Waals surface area contributed by atoms with Crippen LogP contribution in [0.2, 0.25) is 0 Å². The number of ether oxygens (including phenoxy) is 3. The number of carboxylic acid groups (broad SMARTS) is 1. The quantitative estimate of drug-likeness (QED) is 0.0338. The molecule has 514 valence electrons. The van der Waals surface area contributed by atoms with Crippen molar-refractivity contribution < 1.29 is 76.9 Å². The zero-order chi connectivity index (χ0) is 69.3. The molecule has 0 spiro atoms. The second-order valence-corrected chi connectivity index (χ2v) is 25.1. The van der Waals surface area contributed by atoms with E-state index >= 15 is 0 Å². The van der Waals surface area contributed by atoms with Crippen LogP contribution in [0.3, 0.4) is 0 Å². The number of likely N-dealkylation sites (N-methyl/N-ethyl adjacent to an activating group) is 1. The van der Waals surface area contributed by atoms with Gasteiger partial charge in [-0.1, -0.05) is 104 Å². The summed E-state index contributed by atoms with van der Waals surface area (Å²) in [6.45, 7) is 15.9. The number of carboxylic acids is 1. The molecule has 0 bridgehead atoms. The van der Waals surface area contributed by atoms with Crippen molar-refractivity contribution in [1.29, 1.82) is 0 Å². The lowest BCUT2D eigenvalue weighted by Gasteiger charge is -2.41. The van der Waals surface area contributed by atoms with Gasteiger partial charge in [-0.3, -0.25) is 48.1 Å². The first kappa shape index (κ1) is 77.0. The number of benzene rings is 2. The van der Waals surface area contributed by atoms with Gasteiger partial charge in [-0.05, 0) is 93.4 Å². The van der Waals surface area contributed by atoms with Gasteiger partial charge < -0.3 is 72.1 Å². The highest BCUT2D eigenvalue weighted by atomic mass is 16.5. The molecule has 2 aromatic rings. The Hall–Kier alpha value is -8.46. The maximum atomic E-state index is 14.7. The number of primary amides is 1. The number of methoxy groups -OCH3 is 2. The Morgan fingerprint density at radius 1 is 0.753 bits per heavy atom. The summed E-state index contributed by atoms with van der Waals surface area (Å²) in [5.41, 5.74) is 5.18. The van der Waals surface area contributed by atoms with E-state index in [1.165, 1.54) is 45.1 Å². The minimum absolute atomic E-state index is 0.0745. The molecule has 2 heterocycles. The summed E-state index contributed by atoms with van der Waals surface area (Å²) >= 11 is 0. The summed E-state index contributed by atoms with van der Waals surface area (Å²) in [5.74, 6) is -7.40. The molecule has 0 saturated carbocycles. The third kappa shape index (κ3) is 23.6. The van der Waals surface area contributed by atoms with Gasteiger partial charge in [-0.15, -0.1) is 0 Å². The Kier molecular flexibility index (Phi) is 30.9.